The Morgan fingerprint density at radius 3 is 1.80 bits per heavy atom. The molecule has 7 aromatic rings. The highest BCUT2D eigenvalue weighted by atomic mass is 16.5. The molecule has 6 aromatic carbocycles. The highest BCUT2D eigenvalue weighted by Crippen LogP contribution is 2.62. The van der Waals surface area contributed by atoms with E-state index in [-0.39, 0.29) is 22.8 Å². The van der Waals surface area contributed by atoms with Gasteiger partial charge >= 0.3 is 0 Å². The van der Waals surface area contributed by atoms with Crippen molar-refractivity contribution in [1.29, 1.82) is 0 Å². The zero-order valence-corrected chi connectivity index (χ0v) is 36.3. The topological polar surface area (TPSA) is 46.8 Å². The standard InChI is InChI=1S/C57H53N3O/c1-36-25-33-48(38-28-26-37(27-29-38)41-32-34-51(55(2,3)4)59-53(41)56(5,6)7)58-54(39-17-9-8-10-18-39)60-52(36)40-30-31-43-42-19-11-12-20-44(42)57(47(43)35-40)45-21-13-15-23-49(45)61-50-24-16-14-22-46(50)57/h8-24,26-32,34-36,52H,25,33H2,1-7H3/b58-48+,60-54-. The molecule has 0 radical (unpaired) electrons. The van der Waals surface area contributed by atoms with Gasteiger partial charge in [0.2, 0.25) is 0 Å². The number of aliphatic imine (C=N–C) groups is 2. The zero-order chi connectivity index (χ0) is 42.1. The van der Waals surface area contributed by atoms with E-state index in [1.165, 1.54) is 50.1 Å². The van der Waals surface area contributed by atoms with E-state index in [1.54, 1.807) is 0 Å². The van der Waals surface area contributed by atoms with Crippen molar-refractivity contribution in [2.75, 3.05) is 0 Å². The van der Waals surface area contributed by atoms with Crippen molar-refractivity contribution in [3.8, 4) is 33.8 Å². The van der Waals surface area contributed by atoms with Gasteiger partial charge in [0, 0.05) is 38.8 Å². The number of aromatic nitrogens is 1. The number of para-hydroxylation sites is 2. The van der Waals surface area contributed by atoms with Crippen LogP contribution in [0.25, 0.3) is 22.3 Å². The molecule has 3 heterocycles. The molecule has 3 aliphatic rings. The van der Waals surface area contributed by atoms with Crippen LogP contribution >= 0.6 is 0 Å². The number of ether oxygens (including phenoxy) is 1. The molecule has 4 heteroatoms. The van der Waals surface area contributed by atoms with Gasteiger partial charge in [-0.05, 0) is 75.9 Å². The molecular weight excluding hydrogens is 743 g/mol. The molecule has 61 heavy (non-hydrogen) atoms. The SMILES string of the molecule is CC1CC/C(c2ccc(-c3ccc(C(C)(C)C)nc3C(C)(C)C)cc2)=N\C(c2ccccc2)=N/C1c1ccc2c(c1)C1(c3ccccc3Oc3ccccc31)c1ccccc1-2. The van der Waals surface area contributed by atoms with Crippen molar-refractivity contribution in [2.45, 2.75) is 83.6 Å². The third-order valence-corrected chi connectivity index (χ3v) is 13.0. The maximum atomic E-state index is 6.62. The Morgan fingerprint density at radius 2 is 1.13 bits per heavy atom. The number of hydrogen-bond donors (Lipinski definition) is 0. The van der Waals surface area contributed by atoms with Gasteiger partial charge in [-0.15, -0.1) is 0 Å². The molecule has 4 nitrogen and oxygen atoms in total. The highest BCUT2D eigenvalue weighted by Gasteiger charge is 2.51. The number of fused-ring (bicyclic) bond motifs is 9. The summed E-state index contributed by atoms with van der Waals surface area (Å²) in [6.45, 7) is 15.8. The second kappa shape index (κ2) is 14.7. The molecule has 1 aromatic heterocycles. The summed E-state index contributed by atoms with van der Waals surface area (Å²) in [5, 5.41) is 0. The molecule has 1 spiro atoms. The van der Waals surface area contributed by atoms with E-state index in [0.29, 0.717) is 0 Å². The van der Waals surface area contributed by atoms with Crippen LogP contribution in [0.2, 0.25) is 0 Å². The molecule has 2 unspecified atom stereocenters. The Labute approximate surface area is 361 Å². The number of hydrogen-bond acceptors (Lipinski definition) is 4. The molecule has 0 saturated carbocycles. The Kier molecular flexibility index (Phi) is 9.32. The van der Waals surface area contributed by atoms with E-state index in [9.17, 15) is 0 Å². The van der Waals surface area contributed by atoms with E-state index in [2.05, 4.69) is 206 Å². The summed E-state index contributed by atoms with van der Waals surface area (Å²) < 4.78 is 6.62. The van der Waals surface area contributed by atoms with Crippen LogP contribution in [-0.2, 0) is 16.2 Å². The number of rotatable bonds is 4. The molecule has 0 bridgehead atoms. The van der Waals surface area contributed by atoms with Gasteiger partial charge in [-0.2, -0.15) is 0 Å². The summed E-state index contributed by atoms with van der Waals surface area (Å²) >= 11 is 0. The molecule has 10 rings (SSSR count). The molecule has 2 atom stereocenters. The quantitative estimate of drug-likeness (QED) is 0.178. The van der Waals surface area contributed by atoms with Crippen LogP contribution in [0.15, 0.2) is 168 Å². The molecule has 2 aliphatic heterocycles. The number of amidine groups is 1. The molecule has 0 amide bonds. The number of pyridine rings is 1. The summed E-state index contributed by atoms with van der Waals surface area (Å²) in [7, 11) is 0. The minimum absolute atomic E-state index is 0.0231. The lowest BCUT2D eigenvalue weighted by Crippen LogP contribution is -2.32. The predicted molar refractivity (Wildman–Crippen MR) is 252 cm³/mol. The van der Waals surface area contributed by atoms with E-state index >= 15 is 0 Å². The fourth-order valence-electron chi connectivity index (χ4n) is 9.91. The van der Waals surface area contributed by atoms with Crippen LogP contribution in [0.5, 0.6) is 11.5 Å². The summed E-state index contributed by atoms with van der Waals surface area (Å²) in [5.41, 5.74) is 15.8. The molecule has 302 valence electrons. The van der Waals surface area contributed by atoms with Gasteiger partial charge in [-0.1, -0.05) is 188 Å². The van der Waals surface area contributed by atoms with E-state index in [0.717, 1.165) is 58.4 Å². The van der Waals surface area contributed by atoms with Crippen LogP contribution in [0, 0.1) is 5.92 Å². The molecule has 1 aliphatic carbocycles. The van der Waals surface area contributed by atoms with Crippen molar-refractivity contribution in [2.24, 2.45) is 15.9 Å². The smallest absolute Gasteiger partial charge is 0.155 e. The van der Waals surface area contributed by atoms with E-state index in [4.69, 9.17) is 19.7 Å². The van der Waals surface area contributed by atoms with Crippen molar-refractivity contribution in [3.05, 3.63) is 208 Å². The van der Waals surface area contributed by atoms with Crippen molar-refractivity contribution in [1.82, 2.24) is 4.98 Å². The Bertz CT molecular complexity index is 2830. The van der Waals surface area contributed by atoms with Gasteiger partial charge in [0.25, 0.3) is 0 Å². The number of benzene rings is 6. The number of nitrogens with zero attached hydrogens (tertiary/aromatic N) is 3. The highest BCUT2D eigenvalue weighted by molar-refractivity contribution is 6.12. The summed E-state index contributed by atoms with van der Waals surface area (Å²) in [6, 6.07) is 57.0. The minimum Gasteiger partial charge on any atom is -0.457 e. The Hall–Kier alpha value is -6.39. The monoisotopic (exact) mass is 795 g/mol. The third-order valence-electron chi connectivity index (χ3n) is 13.0. The van der Waals surface area contributed by atoms with Crippen LogP contribution in [0.1, 0.15) is 118 Å². The molecular formula is C57H53N3O. The Morgan fingerprint density at radius 1 is 0.541 bits per heavy atom. The van der Waals surface area contributed by atoms with Crippen LogP contribution < -0.4 is 4.74 Å². The maximum Gasteiger partial charge on any atom is 0.155 e. The van der Waals surface area contributed by atoms with Crippen molar-refractivity contribution >= 4 is 11.5 Å². The first-order valence-corrected chi connectivity index (χ1v) is 21.9. The first-order valence-electron chi connectivity index (χ1n) is 21.9. The second-order valence-electron chi connectivity index (χ2n) is 19.2. The second-order valence-corrected chi connectivity index (χ2v) is 19.2. The minimum atomic E-state index is -0.528. The van der Waals surface area contributed by atoms with E-state index < -0.39 is 5.41 Å². The summed E-state index contributed by atoms with van der Waals surface area (Å²) in [5.74, 6) is 2.82. The van der Waals surface area contributed by atoms with Gasteiger partial charge < -0.3 is 4.74 Å². The largest absolute Gasteiger partial charge is 0.457 e. The normalized spacial score (nSPS) is 19.5. The third kappa shape index (κ3) is 6.55. The van der Waals surface area contributed by atoms with Crippen LogP contribution in [-0.4, -0.2) is 16.5 Å². The first kappa shape index (κ1) is 38.8. The van der Waals surface area contributed by atoms with Crippen LogP contribution in [0.3, 0.4) is 0 Å². The zero-order valence-electron chi connectivity index (χ0n) is 36.3. The maximum absolute atomic E-state index is 6.62. The molecule has 0 saturated heterocycles. The molecule has 0 fully saturated rings. The summed E-state index contributed by atoms with van der Waals surface area (Å²) in [4.78, 5) is 16.4. The fourth-order valence-corrected chi connectivity index (χ4v) is 9.91. The van der Waals surface area contributed by atoms with Crippen molar-refractivity contribution < 1.29 is 4.74 Å². The first-order chi connectivity index (χ1) is 29.4. The van der Waals surface area contributed by atoms with Gasteiger partial charge in [0.05, 0.1) is 22.9 Å². The Balaban J connectivity index is 1.09. The lowest BCUT2D eigenvalue weighted by Gasteiger charge is -2.39. The van der Waals surface area contributed by atoms with Crippen LogP contribution in [0.4, 0.5) is 0 Å². The molecule has 0 N–H and O–H groups in total. The van der Waals surface area contributed by atoms with Gasteiger partial charge in [0.15, 0.2) is 5.84 Å². The van der Waals surface area contributed by atoms with Crippen molar-refractivity contribution in [3.63, 3.8) is 0 Å². The summed E-state index contributed by atoms with van der Waals surface area (Å²) in [6.07, 6.45) is 1.79. The van der Waals surface area contributed by atoms with E-state index in [1.807, 2.05) is 0 Å². The average Bonchev–Trinajstić information content (AvgIpc) is 3.55. The lowest BCUT2D eigenvalue weighted by molar-refractivity contribution is 0.434. The average molecular weight is 796 g/mol. The van der Waals surface area contributed by atoms with Gasteiger partial charge in [-0.25, -0.2) is 4.99 Å². The van der Waals surface area contributed by atoms with Gasteiger partial charge in [-0.3, -0.25) is 9.98 Å². The predicted octanol–water partition coefficient (Wildman–Crippen LogP) is 14.2. The fraction of sp³-hybridized carbons (Fsp3) is 0.246. The lowest BCUT2D eigenvalue weighted by atomic mass is 9.66. The van der Waals surface area contributed by atoms with Gasteiger partial charge in [0.1, 0.15) is 11.5 Å².